The lowest BCUT2D eigenvalue weighted by molar-refractivity contribution is -0.121. The molecule has 0 aliphatic carbocycles. The second-order valence-electron chi connectivity index (χ2n) is 7.74. The average molecular weight is 432 g/mol. The van der Waals surface area contributed by atoms with Crippen molar-refractivity contribution in [1.29, 1.82) is 0 Å². The molecule has 2 rings (SSSR count). The largest absolute Gasteiger partial charge is 0.350 e. The van der Waals surface area contributed by atoms with Gasteiger partial charge in [-0.3, -0.25) is 19.1 Å². The first kappa shape index (κ1) is 23.1. The van der Waals surface area contributed by atoms with Gasteiger partial charge in [-0.05, 0) is 64.1 Å². The van der Waals surface area contributed by atoms with Crippen LogP contribution in [0.2, 0.25) is 0 Å². The zero-order valence-corrected chi connectivity index (χ0v) is 18.1. The molecule has 30 heavy (non-hydrogen) atoms. The molecule has 2 aromatic rings. The summed E-state index contributed by atoms with van der Waals surface area (Å²) in [6.07, 6.45) is 0. The van der Waals surface area contributed by atoms with Crippen LogP contribution in [0.5, 0.6) is 0 Å². The lowest BCUT2D eigenvalue weighted by atomic mass is 10.1. The Labute approximate surface area is 176 Å². The highest BCUT2D eigenvalue weighted by Crippen LogP contribution is 2.17. The van der Waals surface area contributed by atoms with E-state index in [9.17, 15) is 22.8 Å². The summed E-state index contributed by atoms with van der Waals surface area (Å²) in [5, 5.41) is 5.25. The SMILES string of the molecule is CC(=O)c1ccc(S(=O)(=O)Nc2ccc(C(=O)NCC(=O)NC(C)(C)C)cc2)cc1. The minimum Gasteiger partial charge on any atom is -0.350 e. The Bertz CT molecular complexity index is 1040. The molecule has 0 spiro atoms. The first-order valence-electron chi connectivity index (χ1n) is 9.20. The highest BCUT2D eigenvalue weighted by molar-refractivity contribution is 7.92. The van der Waals surface area contributed by atoms with Gasteiger partial charge in [0.1, 0.15) is 0 Å². The number of hydrogen-bond acceptors (Lipinski definition) is 5. The average Bonchev–Trinajstić information content (AvgIpc) is 2.65. The fraction of sp³-hybridized carbons (Fsp3) is 0.286. The van der Waals surface area contributed by atoms with Gasteiger partial charge in [-0.1, -0.05) is 12.1 Å². The molecular formula is C21H25N3O5S. The van der Waals surface area contributed by atoms with Gasteiger partial charge < -0.3 is 10.6 Å². The Morgan fingerprint density at radius 1 is 0.867 bits per heavy atom. The molecule has 0 fully saturated rings. The molecule has 0 aliphatic heterocycles. The lowest BCUT2D eigenvalue weighted by Gasteiger charge is -2.20. The number of hydrogen-bond donors (Lipinski definition) is 3. The van der Waals surface area contributed by atoms with Gasteiger partial charge in [-0.15, -0.1) is 0 Å². The summed E-state index contributed by atoms with van der Waals surface area (Å²) in [4.78, 5) is 35.3. The predicted molar refractivity (Wildman–Crippen MR) is 114 cm³/mol. The molecule has 0 atom stereocenters. The quantitative estimate of drug-likeness (QED) is 0.581. The number of sulfonamides is 1. The van der Waals surface area contributed by atoms with Crippen LogP contribution in [0.3, 0.4) is 0 Å². The number of anilines is 1. The van der Waals surface area contributed by atoms with E-state index < -0.39 is 21.5 Å². The van der Waals surface area contributed by atoms with Crippen molar-refractivity contribution >= 4 is 33.3 Å². The van der Waals surface area contributed by atoms with Crippen molar-refractivity contribution in [1.82, 2.24) is 10.6 Å². The summed E-state index contributed by atoms with van der Waals surface area (Å²) in [5.41, 5.74) is 0.577. The maximum atomic E-state index is 12.5. The highest BCUT2D eigenvalue weighted by atomic mass is 32.2. The van der Waals surface area contributed by atoms with Crippen molar-refractivity contribution in [2.24, 2.45) is 0 Å². The van der Waals surface area contributed by atoms with Crippen molar-refractivity contribution in [3.8, 4) is 0 Å². The van der Waals surface area contributed by atoms with Gasteiger partial charge in [0, 0.05) is 22.4 Å². The molecule has 0 aromatic heterocycles. The van der Waals surface area contributed by atoms with Crippen LogP contribution in [0.15, 0.2) is 53.4 Å². The van der Waals surface area contributed by atoms with E-state index in [0.29, 0.717) is 5.56 Å². The number of nitrogens with one attached hydrogen (secondary N) is 3. The number of amides is 2. The van der Waals surface area contributed by atoms with Gasteiger partial charge in [0.05, 0.1) is 11.4 Å². The van der Waals surface area contributed by atoms with Crippen LogP contribution in [0.4, 0.5) is 5.69 Å². The standard InChI is InChI=1S/C21H25N3O5S/c1-14(25)15-7-11-18(12-8-15)30(28,29)24-17-9-5-16(6-10-17)20(27)22-13-19(26)23-21(2,3)4/h5-12,24H,13H2,1-4H3,(H,22,27)(H,23,26). The van der Waals surface area contributed by atoms with Crippen LogP contribution >= 0.6 is 0 Å². The van der Waals surface area contributed by atoms with Crippen molar-refractivity contribution in [2.75, 3.05) is 11.3 Å². The topological polar surface area (TPSA) is 121 Å². The number of Topliss-reactive ketones (excluding diaryl/α,β-unsaturated/α-hetero) is 1. The predicted octanol–water partition coefficient (Wildman–Crippen LogP) is 2.33. The van der Waals surface area contributed by atoms with Crippen LogP contribution in [-0.4, -0.2) is 38.1 Å². The highest BCUT2D eigenvalue weighted by Gasteiger charge is 2.16. The van der Waals surface area contributed by atoms with Crippen molar-refractivity contribution in [3.05, 3.63) is 59.7 Å². The zero-order chi connectivity index (χ0) is 22.5. The molecule has 0 unspecified atom stereocenters. The minimum absolute atomic E-state index is 0.0131. The Balaban J connectivity index is 2.00. The molecule has 9 heteroatoms. The third-order valence-corrected chi connectivity index (χ3v) is 5.29. The van der Waals surface area contributed by atoms with E-state index in [1.165, 1.54) is 55.5 Å². The van der Waals surface area contributed by atoms with Gasteiger partial charge in [0.15, 0.2) is 5.78 Å². The summed E-state index contributed by atoms with van der Waals surface area (Å²) >= 11 is 0. The third-order valence-electron chi connectivity index (χ3n) is 3.89. The van der Waals surface area contributed by atoms with E-state index in [4.69, 9.17) is 0 Å². The maximum Gasteiger partial charge on any atom is 0.261 e. The van der Waals surface area contributed by atoms with E-state index in [1.807, 2.05) is 20.8 Å². The van der Waals surface area contributed by atoms with Gasteiger partial charge in [0.25, 0.3) is 15.9 Å². The number of benzene rings is 2. The van der Waals surface area contributed by atoms with Crippen molar-refractivity contribution in [2.45, 2.75) is 38.1 Å². The molecule has 2 aromatic carbocycles. The molecule has 2 amide bonds. The van der Waals surface area contributed by atoms with Gasteiger partial charge in [-0.2, -0.15) is 0 Å². The molecule has 0 bridgehead atoms. The number of carbonyl (C=O) groups is 3. The molecule has 0 radical (unpaired) electrons. The van der Waals surface area contributed by atoms with Gasteiger partial charge in [0.2, 0.25) is 5.91 Å². The number of rotatable bonds is 7. The van der Waals surface area contributed by atoms with Gasteiger partial charge >= 0.3 is 0 Å². The molecular weight excluding hydrogens is 406 g/mol. The van der Waals surface area contributed by atoms with E-state index in [1.54, 1.807) is 0 Å². The van der Waals surface area contributed by atoms with E-state index in [0.717, 1.165) is 0 Å². The van der Waals surface area contributed by atoms with Crippen molar-refractivity contribution in [3.63, 3.8) is 0 Å². The van der Waals surface area contributed by atoms with Crippen LogP contribution in [0.1, 0.15) is 48.4 Å². The van der Waals surface area contributed by atoms with Gasteiger partial charge in [-0.25, -0.2) is 8.42 Å². The first-order valence-corrected chi connectivity index (χ1v) is 10.7. The fourth-order valence-corrected chi connectivity index (χ4v) is 3.56. The minimum atomic E-state index is -3.84. The lowest BCUT2D eigenvalue weighted by Crippen LogP contribution is -2.45. The Morgan fingerprint density at radius 2 is 1.40 bits per heavy atom. The summed E-state index contributed by atoms with van der Waals surface area (Å²) in [5.74, 6) is -0.916. The summed E-state index contributed by atoms with van der Waals surface area (Å²) in [7, 11) is -3.84. The summed E-state index contributed by atoms with van der Waals surface area (Å²) < 4.78 is 27.4. The van der Waals surface area contributed by atoms with Crippen LogP contribution < -0.4 is 15.4 Å². The van der Waals surface area contributed by atoms with Crippen LogP contribution in [-0.2, 0) is 14.8 Å². The van der Waals surface area contributed by atoms with E-state index in [2.05, 4.69) is 15.4 Å². The normalized spacial score (nSPS) is 11.5. The molecule has 0 saturated carbocycles. The molecule has 8 nitrogen and oxygen atoms in total. The smallest absolute Gasteiger partial charge is 0.261 e. The summed E-state index contributed by atoms with van der Waals surface area (Å²) in [6.45, 7) is 6.75. The molecule has 3 N–H and O–H groups in total. The molecule has 0 saturated heterocycles. The monoisotopic (exact) mass is 431 g/mol. The van der Waals surface area contributed by atoms with E-state index in [-0.39, 0.29) is 34.4 Å². The Morgan fingerprint density at radius 3 is 1.90 bits per heavy atom. The van der Waals surface area contributed by atoms with Crippen LogP contribution in [0, 0.1) is 0 Å². The maximum absolute atomic E-state index is 12.5. The number of carbonyl (C=O) groups excluding carboxylic acids is 3. The van der Waals surface area contributed by atoms with E-state index >= 15 is 0 Å². The molecule has 0 aliphatic rings. The third kappa shape index (κ3) is 6.70. The number of ketones is 1. The molecule has 160 valence electrons. The van der Waals surface area contributed by atoms with Crippen molar-refractivity contribution < 1.29 is 22.8 Å². The first-order chi connectivity index (χ1) is 13.9. The Hall–Kier alpha value is -3.20. The second kappa shape index (κ2) is 9.08. The summed E-state index contributed by atoms with van der Waals surface area (Å²) in [6, 6.07) is 11.4. The zero-order valence-electron chi connectivity index (χ0n) is 17.3. The Kier molecular flexibility index (Phi) is 6.99. The molecule has 0 heterocycles. The van der Waals surface area contributed by atoms with Crippen LogP contribution in [0.25, 0.3) is 0 Å². The fourth-order valence-electron chi connectivity index (χ4n) is 2.50. The second-order valence-corrected chi connectivity index (χ2v) is 9.43.